The highest BCUT2D eigenvalue weighted by atomic mass is 35.5. The van der Waals surface area contributed by atoms with Crippen LogP contribution in [0.4, 0.5) is 0 Å². The van der Waals surface area contributed by atoms with E-state index in [9.17, 15) is 0 Å². The molecule has 1 nitrogen and oxygen atoms in total. The van der Waals surface area contributed by atoms with Gasteiger partial charge >= 0.3 is 0 Å². The van der Waals surface area contributed by atoms with E-state index in [4.69, 9.17) is 17.3 Å². The Labute approximate surface area is 128 Å². The first-order valence-electron chi connectivity index (χ1n) is 6.24. The van der Waals surface area contributed by atoms with E-state index in [1.807, 2.05) is 17.8 Å². The van der Waals surface area contributed by atoms with Gasteiger partial charge in [-0.05, 0) is 31.5 Å². The summed E-state index contributed by atoms with van der Waals surface area (Å²) in [5, 5.41) is 0.304. The second kappa shape index (κ2) is 6.80. The summed E-state index contributed by atoms with van der Waals surface area (Å²) < 4.78 is 0.830. The largest absolute Gasteiger partial charge is 0.327 e. The molecule has 0 aliphatic rings. The molecule has 0 aliphatic heterocycles. The van der Waals surface area contributed by atoms with E-state index in [-0.39, 0.29) is 6.04 Å². The number of benzene rings is 1. The molecule has 1 heterocycles. The topological polar surface area (TPSA) is 26.0 Å². The quantitative estimate of drug-likeness (QED) is 0.838. The van der Waals surface area contributed by atoms with Crippen molar-refractivity contribution >= 4 is 34.7 Å². The number of rotatable bonds is 5. The van der Waals surface area contributed by atoms with Gasteiger partial charge in [0, 0.05) is 16.7 Å². The Morgan fingerprint density at radius 2 is 2.11 bits per heavy atom. The highest BCUT2D eigenvalue weighted by Crippen LogP contribution is 2.38. The summed E-state index contributed by atoms with van der Waals surface area (Å²) in [4.78, 5) is 1.26. The van der Waals surface area contributed by atoms with Gasteiger partial charge in [-0.1, -0.05) is 41.4 Å². The smallest absolute Gasteiger partial charge is 0.0931 e. The van der Waals surface area contributed by atoms with Gasteiger partial charge in [0.05, 0.1) is 9.59 Å². The number of thiophene rings is 1. The molecule has 102 valence electrons. The number of aryl methyl sites for hydroxylation is 1. The number of halogens is 1. The van der Waals surface area contributed by atoms with Gasteiger partial charge in [-0.25, -0.2) is 0 Å². The van der Waals surface area contributed by atoms with Crippen LogP contribution < -0.4 is 5.73 Å². The second-order valence-electron chi connectivity index (χ2n) is 4.72. The predicted molar refractivity (Wildman–Crippen MR) is 88.2 cm³/mol. The summed E-state index contributed by atoms with van der Waals surface area (Å²) in [7, 11) is 0. The van der Waals surface area contributed by atoms with E-state index in [1.54, 1.807) is 11.3 Å². The number of thioether (sulfide) groups is 1. The molecule has 0 saturated heterocycles. The van der Waals surface area contributed by atoms with Crippen molar-refractivity contribution in [1.82, 2.24) is 0 Å². The molecule has 2 N–H and O–H groups in total. The lowest BCUT2D eigenvalue weighted by Gasteiger charge is -2.19. The number of nitrogens with two attached hydrogens (primary N) is 1. The van der Waals surface area contributed by atoms with E-state index < -0.39 is 0 Å². The van der Waals surface area contributed by atoms with E-state index in [0.717, 1.165) is 10.1 Å². The summed E-state index contributed by atoms with van der Waals surface area (Å²) in [6.07, 6.45) is 0. The van der Waals surface area contributed by atoms with Crippen LogP contribution in [0.1, 0.15) is 28.2 Å². The van der Waals surface area contributed by atoms with Crippen molar-refractivity contribution in [3.63, 3.8) is 0 Å². The second-order valence-corrected chi connectivity index (χ2v) is 7.60. The first-order valence-corrected chi connectivity index (χ1v) is 8.48. The van der Waals surface area contributed by atoms with E-state index >= 15 is 0 Å². The molecule has 0 aliphatic carbocycles. The molecule has 2 atom stereocenters. The summed E-state index contributed by atoms with van der Waals surface area (Å²) in [5.41, 5.74) is 8.76. The number of hydrogen-bond donors (Lipinski definition) is 1. The van der Waals surface area contributed by atoms with Crippen molar-refractivity contribution in [2.75, 3.05) is 0 Å². The molecule has 2 aromatic rings. The van der Waals surface area contributed by atoms with E-state index in [2.05, 4.69) is 44.2 Å². The zero-order chi connectivity index (χ0) is 13.8. The maximum atomic E-state index is 6.11. The molecule has 2 unspecified atom stereocenters. The van der Waals surface area contributed by atoms with Crippen molar-refractivity contribution in [2.45, 2.75) is 30.9 Å². The first kappa shape index (κ1) is 14.9. The van der Waals surface area contributed by atoms with Gasteiger partial charge in [-0.2, -0.15) is 0 Å². The molecule has 0 spiro atoms. The Balaban J connectivity index is 2.06. The Hall–Kier alpha value is -0.480. The molecule has 1 aromatic heterocycles. The van der Waals surface area contributed by atoms with Crippen LogP contribution in [0.3, 0.4) is 0 Å². The van der Waals surface area contributed by atoms with E-state index in [0.29, 0.717) is 5.25 Å². The van der Waals surface area contributed by atoms with Crippen LogP contribution in [0.25, 0.3) is 0 Å². The van der Waals surface area contributed by atoms with Crippen LogP contribution in [0.2, 0.25) is 4.34 Å². The summed E-state index contributed by atoms with van der Waals surface area (Å²) in [5.74, 6) is 0.976. The van der Waals surface area contributed by atoms with Gasteiger partial charge in [0.1, 0.15) is 0 Å². The molecular formula is C15H18ClNS2. The monoisotopic (exact) mass is 311 g/mol. The zero-order valence-corrected chi connectivity index (χ0v) is 13.5. The molecular weight excluding hydrogens is 294 g/mol. The fourth-order valence-corrected chi connectivity index (χ4v) is 4.57. The maximum absolute atomic E-state index is 6.11. The van der Waals surface area contributed by atoms with Crippen LogP contribution in [0, 0.1) is 6.92 Å². The average Bonchev–Trinajstić information content (AvgIpc) is 2.76. The minimum Gasteiger partial charge on any atom is -0.327 e. The normalized spacial score (nSPS) is 14.3. The third-order valence-electron chi connectivity index (χ3n) is 2.86. The Morgan fingerprint density at radius 1 is 1.32 bits per heavy atom. The third-order valence-corrected chi connectivity index (χ3v) is 5.87. The lowest BCUT2D eigenvalue weighted by molar-refractivity contribution is 0.730. The van der Waals surface area contributed by atoms with Gasteiger partial charge in [-0.3, -0.25) is 0 Å². The molecule has 1 aromatic carbocycles. The van der Waals surface area contributed by atoms with Crippen molar-refractivity contribution in [2.24, 2.45) is 5.73 Å². The summed E-state index contributed by atoms with van der Waals surface area (Å²) in [6.45, 7) is 4.18. The minimum atomic E-state index is 0.115. The lowest BCUT2D eigenvalue weighted by atomic mass is 10.2. The fourth-order valence-electron chi connectivity index (χ4n) is 1.96. The van der Waals surface area contributed by atoms with Gasteiger partial charge in [0.2, 0.25) is 0 Å². The zero-order valence-electron chi connectivity index (χ0n) is 11.1. The van der Waals surface area contributed by atoms with Crippen LogP contribution in [0.15, 0.2) is 36.4 Å². The minimum absolute atomic E-state index is 0.115. The van der Waals surface area contributed by atoms with Gasteiger partial charge in [0.15, 0.2) is 0 Å². The Kier molecular flexibility index (Phi) is 5.34. The predicted octanol–water partition coefficient (Wildman–Crippen LogP) is 5.03. The molecule has 0 saturated carbocycles. The molecule has 0 bridgehead atoms. The third kappa shape index (κ3) is 4.25. The van der Waals surface area contributed by atoms with Gasteiger partial charge < -0.3 is 5.73 Å². The fraction of sp³-hybridized carbons (Fsp3) is 0.333. The maximum Gasteiger partial charge on any atom is 0.0931 e. The molecule has 2 rings (SSSR count). The standard InChI is InChI=1S/C15H18ClNS2/c1-10-4-3-5-12(8-10)9-18-15(11(2)17)13-6-7-14(16)19-13/h3-8,11,15H,9,17H2,1-2H3. The van der Waals surface area contributed by atoms with Crippen molar-refractivity contribution < 1.29 is 0 Å². The molecule has 19 heavy (non-hydrogen) atoms. The van der Waals surface area contributed by atoms with Crippen molar-refractivity contribution in [3.05, 3.63) is 56.7 Å². The van der Waals surface area contributed by atoms with Crippen LogP contribution in [-0.2, 0) is 5.75 Å². The van der Waals surface area contributed by atoms with Crippen molar-refractivity contribution in [3.8, 4) is 0 Å². The van der Waals surface area contributed by atoms with Gasteiger partial charge in [-0.15, -0.1) is 23.1 Å². The lowest BCUT2D eigenvalue weighted by Crippen LogP contribution is -2.22. The highest BCUT2D eigenvalue weighted by molar-refractivity contribution is 7.98. The summed E-state index contributed by atoms with van der Waals surface area (Å²) >= 11 is 9.53. The van der Waals surface area contributed by atoms with E-state index in [1.165, 1.54) is 16.0 Å². The molecule has 0 radical (unpaired) electrons. The summed E-state index contributed by atoms with van der Waals surface area (Å²) in [6, 6.07) is 12.8. The van der Waals surface area contributed by atoms with Gasteiger partial charge in [0.25, 0.3) is 0 Å². The Morgan fingerprint density at radius 3 is 2.68 bits per heavy atom. The first-order chi connectivity index (χ1) is 9.06. The molecule has 0 amide bonds. The van der Waals surface area contributed by atoms with Crippen LogP contribution >= 0.6 is 34.7 Å². The van der Waals surface area contributed by atoms with Crippen LogP contribution in [0.5, 0.6) is 0 Å². The Bertz CT molecular complexity index is 536. The highest BCUT2D eigenvalue weighted by Gasteiger charge is 2.18. The van der Waals surface area contributed by atoms with Crippen LogP contribution in [-0.4, -0.2) is 6.04 Å². The van der Waals surface area contributed by atoms with Crippen molar-refractivity contribution in [1.29, 1.82) is 0 Å². The average molecular weight is 312 g/mol. The number of hydrogen-bond acceptors (Lipinski definition) is 3. The SMILES string of the molecule is Cc1cccc(CSC(c2ccc(Cl)s2)C(C)N)c1. The molecule has 0 fully saturated rings. The molecule has 4 heteroatoms.